The standard InChI is InChI=1S/C17H23NO5/c1-11(2)10-18(9-8-15(19)20)17(21)16-12(3)22-13-6-4-5-7-14(13)23-16/h4-7,11-12,16H,8-10H2,1-3H3,(H,19,20). The summed E-state index contributed by atoms with van der Waals surface area (Å²) in [5.41, 5.74) is 0. The molecule has 0 bridgehead atoms. The molecule has 23 heavy (non-hydrogen) atoms. The Morgan fingerprint density at radius 1 is 1.22 bits per heavy atom. The van der Waals surface area contributed by atoms with Crippen molar-refractivity contribution in [3.8, 4) is 11.5 Å². The van der Waals surface area contributed by atoms with Crippen LogP contribution in [0, 0.1) is 5.92 Å². The number of para-hydroxylation sites is 2. The first kappa shape index (κ1) is 17.1. The minimum absolute atomic E-state index is 0.0863. The number of hydrogen-bond donors (Lipinski definition) is 1. The molecule has 0 aromatic heterocycles. The molecule has 1 aliphatic heterocycles. The summed E-state index contributed by atoms with van der Waals surface area (Å²) in [6.45, 7) is 6.40. The fourth-order valence-corrected chi connectivity index (χ4v) is 2.53. The minimum Gasteiger partial charge on any atom is -0.482 e. The highest BCUT2D eigenvalue weighted by Crippen LogP contribution is 2.33. The highest BCUT2D eigenvalue weighted by Gasteiger charge is 2.36. The number of nitrogens with zero attached hydrogens (tertiary/aromatic N) is 1. The minimum atomic E-state index is -0.925. The molecule has 126 valence electrons. The molecule has 1 heterocycles. The Hall–Kier alpha value is -2.24. The van der Waals surface area contributed by atoms with E-state index in [0.717, 1.165) is 0 Å². The van der Waals surface area contributed by atoms with Crippen molar-refractivity contribution in [1.29, 1.82) is 0 Å². The van der Waals surface area contributed by atoms with Gasteiger partial charge in [0, 0.05) is 13.1 Å². The number of carbonyl (C=O) groups is 2. The molecule has 1 amide bonds. The zero-order chi connectivity index (χ0) is 17.0. The third kappa shape index (κ3) is 4.37. The zero-order valence-electron chi connectivity index (χ0n) is 13.7. The topological polar surface area (TPSA) is 76.1 Å². The molecule has 0 saturated heterocycles. The molecule has 0 fully saturated rings. The van der Waals surface area contributed by atoms with Crippen LogP contribution in [0.4, 0.5) is 0 Å². The second-order valence-electron chi connectivity index (χ2n) is 6.13. The van der Waals surface area contributed by atoms with Gasteiger partial charge >= 0.3 is 5.97 Å². The molecule has 6 nitrogen and oxygen atoms in total. The molecule has 1 aromatic carbocycles. The second kappa shape index (κ2) is 7.35. The largest absolute Gasteiger partial charge is 0.482 e. The number of fused-ring (bicyclic) bond motifs is 1. The highest BCUT2D eigenvalue weighted by atomic mass is 16.6. The second-order valence-corrected chi connectivity index (χ2v) is 6.13. The van der Waals surface area contributed by atoms with Crippen LogP contribution in [-0.2, 0) is 9.59 Å². The van der Waals surface area contributed by atoms with E-state index in [1.165, 1.54) is 0 Å². The number of carboxylic acid groups (broad SMARTS) is 1. The van der Waals surface area contributed by atoms with E-state index in [0.29, 0.717) is 18.0 Å². The van der Waals surface area contributed by atoms with Crippen molar-refractivity contribution >= 4 is 11.9 Å². The monoisotopic (exact) mass is 321 g/mol. The third-order valence-corrected chi connectivity index (χ3v) is 3.58. The normalized spacial score (nSPS) is 19.5. The predicted octanol–water partition coefficient (Wildman–Crippen LogP) is 2.17. The van der Waals surface area contributed by atoms with Crippen LogP contribution in [0.1, 0.15) is 27.2 Å². The molecule has 6 heteroatoms. The van der Waals surface area contributed by atoms with E-state index in [1.54, 1.807) is 24.0 Å². The van der Waals surface area contributed by atoms with Gasteiger partial charge in [-0.2, -0.15) is 0 Å². The number of hydrogen-bond acceptors (Lipinski definition) is 4. The van der Waals surface area contributed by atoms with E-state index in [4.69, 9.17) is 14.6 Å². The molecule has 0 aliphatic carbocycles. The summed E-state index contributed by atoms with van der Waals surface area (Å²) in [6, 6.07) is 7.21. The number of rotatable bonds is 6. The Morgan fingerprint density at radius 2 is 1.83 bits per heavy atom. The molecule has 0 radical (unpaired) electrons. The number of carboxylic acids is 1. The van der Waals surface area contributed by atoms with Crippen LogP contribution in [0.15, 0.2) is 24.3 Å². The SMILES string of the molecule is CC(C)CN(CCC(=O)O)C(=O)C1Oc2ccccc2OC1C. The maximum Gasteiger partial charge on any atom is 0.305 e. The molecule has 1 aromatic rings. The van der Waals surface area contributed by atoms with Crippen molar-refractivity contribution < 1.29 is 24.2 Å². The lowest BCUT2D eigenvalue weighted by Gasteiger charge is -2.35. The van der Waals surface area contributed by atoms with Crippen LogP contribution in [0.25, 0.3) is 0 Å². The Labute approximate surface area is 136 Å². The summed E-state index contributed by atoms with van der Waals surface area (Å²) in [4.78, 5) is 25.2. The third-order valence-electron chi connectivity index (χ3n) is 3.58. The van der Waals surface area contributed by atoms with Crippen molar-refractivity contribution in [2.24, 2.45) is 5.92 Å². The highest BCUT2D eigenvalue weighted by molar-refractivity contribution is 5.83. The Bertz CT molecular complexity index is 572. The molecule has 0 spiro atoms. The molecular formula is C17H23NO5. The first-order valence-electron chi connectivity index (χ1n) is 7.81. The van der Waals surface area contributed by atoms with Crippen molar-refractivity contribution in [2.75, 3.05) is 13.1 Å². The lowest BCUT2D eigenvalue weighted by atomic mass is 10.1. The average Bonchev–Trinajstić information content (AvgIpc) is 2.49. The maximum absolute atomic E-state index is 12.8. The van der Waals surface area contributed by atoms with E-state index in [2.05, 4.69) is 0 Å². The molecule has 0 saturated carbocycles. The van der Waals surface area contributed by atoms with E-state index in [-0.39, 0.29) is 24.8 Å². The fraction of sp³-hybridized carbons (Fsp3) is 0.529. The molecule has 1 aliphatic rings. The molecular weight excluding hydrogens is 298 g/mol. The average molecular weight is 321 g/mol. The number of amides is 1. The van der Waals surface area contributed by atoms with Gasteiger partial charge in [-0.1, -0.05) is 26.0 Å². The molecule has 2 atom stereocenters. The zero-order valence-corrected chi connectivity index (χ0v) is 13.7. The Kier molecular flexibility index (Phi) is 5.47. The van der Waals surface area contributed by atoms with Gasteiger partial charge in [-0.05, 0) is 25.0 Å². The number of carbonyl (C=O) groups excluding carboxylic acids is 1. The van der Waals surface area contributed by atoms with Gasteiger partial charge < -0.3 is 19.5 Å². The quantitative estimate of drug-likeness (QED) is 0.869. The van der Waals surface area contributed by atoms with Gasteiger partial charge in [0.05, 0.1) is 6.42 Å². The maximum atomic E-state index is 12.8. The van der Waals surface area contributed by atoms with Crippen LogP contribution in [-0.4, -0.2) is 47.2 Å². The van der Waals surface area contributed by atoms with Crippen LogP contribution < -0.4 is 9.47 Å². The Balaban J connectivity index is 2.13. The molecule has 2 unspecified atom stereocenters. The smallest absolute Gasteiger partial charge is 0.305 e. The predicted molar refractivity (Wildman–Crippen MR) is 84.6 cm³/mol. The van der Waals surface area contributed by atoms with Crippen LogP contribution in [0.2, 0.25) is 0 Å². The van der Waals surface area contributed by atoms with E-state index >= 15 is 0 Å². The van der Waals surface area contributed by atoms with Crippen LogP contribution in [0.3, 0.4) is 0 Å². The number of aliphatic carboxylic acids is 1. The van der Waals surface area contributed by atoms with E-state index < -0.39 is 18.2 Å². The van der Waals surface area contributed by atoms with Gasteiger partial charge in [-0.15, -0.1) is 0 Å². The lowest BCUT2D eigenvalue weighted by Crippen LogP contribution is -2.51. The first-order chi connectivity index (χ1) is 10.9. The number of ether oxygens (including phenoxy) is 2. The number of benzene rings is 1. The van der Waals surface area contributed by atoms with Crippen molar-refractivity contribution in [3.63, 3.8) is 0 Å². The van der Waals surface area contributed by atoms with Gasteiger partial charge in [0.2, 0.25) is 6.10 Å². The summed E-state index contributed by atoms with van der Waals surface area (Å²) in [5, 5.41) is 8.88. The molecule has 1 N–H and O–H groups in total. The van der Waals surface area contributed by atoms with Crippen LogP contribution >= 0.6 is 0 Å². The summed E-state index contributed by atoms with van der Waals surface area (Å²) in [7, 11) is 0. The summed E-state index contributed by atoms with van der Waals surface area (Å²) in [6.07, 6.45) is -1.29. The van der Waals surface area contributed by atoms with Gasteiger partial charge in [-0.3, -0.25) is 9.59 Å². The Morgan fingerprint density at radius 3 is 2.39 bits per heavy atom. The van der Waals surface area contributed by atoms with Gasteiger partial charge in [-0.25, -0.2) is 0 Å². The van der Waals surface area contributed by atoms with Gasteiger partial charge in [0.1, 0.15) is 6.10 Å². The fourth-order valence-electron chi connectivity index (χ4n) is 2.53. The summed E-state index contributed by atoms with van der Waals surface area (Å²) >= 11 is 0. The summed E-state index contributed by atoms with van der Waals surface area (Å²) in [5.74, 6) is 0.226. The van der Waals surface area contributed by atoms with E-state index in [9.17, 15) is 9.59 Å². The molecule has 2 rings (SSSR count). The first-order valence-corrected chi connectivity index (χ1v) is 7.81. The van der Waals surface area contributed by atoms with Crippen LogP contribution in [0.5, 0.6) is 11.5 Å². The van der Waals surface area contributed by atoms with Gasteiger partial charge in [0.15, 0.2) is 11.5 Å². The lowest BCUT2D eigenvalue weighted by molar-refractivity contribution is -0.146. The van der Waals surface area contributed by atoms with Gasteiger partial charge in [0.25, 0.3) is 5.91 Å². The van der Waals surface area contributed by atoms with E-state index in [1.807, 2.05) is 26.0 Å². The van der Waals surface area contributed by atoms with Crippen molar-refractivity contribution in [1.82, 2.24) is 4.90 Å². The summed E-state index contributed by atoms with van der Waals surface area (Å²) < 4.78 is 11.6. The van der Waals surface area contributed by atoms with Crippen molar-refractivity contribution in [2.45, 2.75) is 39.4 Å². The van der Waals surface area contributed by atoms with Crippen molar-refractivity contribution in [3.05, 3.63) is 24.3 Å².